The van der Waals surface area contributed by atoms with E-state index >= 15 is 0 Å². The molecule has 0 saturated carbocycles. The maximum atomic E-state index is 6.07. The van der Waals surface area contributed by atoms with Crippen molar-refractivity contribution in [3.05, 3.63) is 16.2 Å². The highest BCUT2D eigenvalue weighted by Crippen LogP contribution is 2.32. The lowest BCUT2D eigenvalue weighted by atomic mass is 10.3. The molecule has 2 heterocycles. The lowest BCUT2D eigenvalue weighted by Gasteiger charge is -2.22. The highest BCUT2D eigenvalue weighted by atomic mass is 35.5. The van der Waals surface area contributed by atoms with Crippen LogP contribution < -0.4 is 4.90 Å². The quantitative estimate of drug-likeness (QED) is 0.576. The maximum Gasteiger partial charge on any atom is 0.225 e. The van der Waals surface area contributed by atoms with E-state index in [4.69, 9.17) is 16.3 Å². The van der Waals surface area contributed by atoms with Crippen LogP contribution in [0, 0.1) is 0 Å². The second-order valence-corrected chi connectivity index (χ2v) is 5.83. The van der Waals surface area contributed by atoms with Gasteiger partial charge in [-0.05, 0) is 37.9 Å². The number of aryl methyl sites for hydroxylation is 1. The molecule has 0 aromatic carbocycles. The fourth-order valence-corrected chi connectivity index (χ4v) is 3.26. The number of rotatable bonds is 7. The molecule has 0 spiro atoms. The molecule has 2 rings (SSSR count). The van der Waals surface area contributed by atoms with Crippen LogP contribution in [0.15, 0.2) is 6.07 Å². The molecule has 0 bridgehead atoms. The largest absolute Gasteiger partial charge is 0.380 e. The molecule has 0 unspecified atom stereocenters. The molecule has 0 aliphatic carbocycles. The van der Waals surface area contributed by atoms with Gasteiger partial charge in [-0.2, -0.15) is 4.98 Å². The number of fused-ring (bicyclic) bond motifs is 1. The molecule has 0 aliphatic rings. The van der Waals surface area contributed by atoms with Gasteiger partial charge < -0.3 is 9.64 Å². The summed E-state index contributed by atoms with van der Waals surface area (Å²) < 4.78 is 5.44. The maximum absolute atomic E-state index is 6.07. The smallest absolute Gasteiger partial charge is 0.225 e. The first-order valence-electron chi connectivity index (χ1n) is 6.98. The standard InChI is InChI=1S/C14H20ClN3OS/c1-4-10-9-11-12(16-14(15)17-13(11)20-10)18(5-2)7-8-19-6-3/h9H,4-8H2,1-3H3. The lowest BCUT2D eigenvalue weighted by Crippen LogP contribution is -2.28. The second kappa shape index (κ2) is 7.20. The Morgan fingerprint density at radius 1 is 1.30 bits per heavy atom. The molecular weight excluding hydrogens is 294 g/mol. The van der Waals surface area contributed by atoms with Crippen LogP contribution in [0.5, 0.6) is 0 Å². The minimum Gasteiger partial charge on any atom is -0.380 e. The summed E-state index contributed by atoms with van der Waals surface area (Å²) in [5.74, 6) is 0.915. The molecule has 4 nitrogen and oxygen atoms in total. The number of aromatic nitrogens is 2. The second-order valence-electron chi connectivity index (χ2n) is 4.38. The summed E-state index contributed by atoms with van der Waals surface area (Å²) in [5.41, 5.74) is 0. The molecule has 0 N–H and O–H groups in total. The highest BCUT2D eigenvalue weighted by molar-refractivity contribution is 7.18. The number of likely N-dealkylation sites (N-methyl/N-ethyl adjacent to an activating group) is 1. The average molecular weight is 314 g/mol. The van der Waals surface area contributed by atoms with E-state index < -0.39 is 0 Å². The fourth-order valence-electron chi connectivity index (χ4n) is 2.08. The van der Waals surface area contributed by atoms with Crippen molar-refractivity contribution in [2.45, 2.75) is 27.2 Å². The van der Waals surface area contributed by atoms with E-state index in [1.54, 1.807) is 11.3 Å². The monoisotopic (exact) mass is 313 g/mol. The van der Waals surface area contributed by atoms with Crippen LogP contribution in [0.2, 0.25) is 5.28 Å². The molecule has 0 amide bonds. The minimum absolute atomic E-state index is 0.312. The van der Waals surface area contributed by atoms with Crippen molar-refractivity contribution >= 4 is 39.0 Å². The molecular formula is C14H20ClN3OS. The number of hydrogen-bond donors (Lipinski definition) is 0. The third kappa shape index (κ3) is 3.40. The molecule has 2 aromatic heterocycles. The number of anilines is 1. The van der Waals surface area contributed by atoms with Crippen molar-refractivity contribution in [1.82, 2.24) is 9.97 Å². The van der Waals surface area contributed by atoms with Crippen LogP contribution in [-0.2, 0) is 11.2 Å². The van der Waals surface area contributed by atoms with Gasteiger partial charge in [0.25, 0.3) is 0 Å². The number of halogens is 1. The first-order chi connectivity index (χ1) is 9.69. The van der Waals surface area contributed by atoms with Crippen molar-refractivity contribution in [3.8, 4) is 0 Å². The van der Waals surface area contributed by atoms with Crippen molar-refractivity contribution < 1.29 is 4.74 Å². The lowest BCUT2D eigenvalue weighted by molar-refractivity contribution is 0.154. The first kappa shape index (κ1) is 15.5. The Hall–Kier alpha value is -0.910. The fraction of sp³-hybridized carbons (Fsp3) is 0.571. The van der Waals surface area contributed by atoms with E-state index in [-0.39, 0.29) is 0 Å². The Morgan fingerprint density at radius 2 is 2.10 bits per heavy atom. The molecule has 0 atom stereocenters. The van der Waals surface area contributed by atoms with Gasteiger partial charge in [-0.15, -0.1) is 11.3 Å². The summed E-state index contributed by atoms with van der Waals surface area (Å²) in [4.78, 5) is 13.2. The number of thiophene rings is 1. The van der Waals surface area contributed by atoms with Crippen molar-refractivity contribution in [2.24, 2.45) is 0 Å². The summed E-state index contributed by atoms with van der Waals surface area (Å²) in [6.07, 6.45) is 1.00. The highest BCUT2D eigenvalue weighted by Gasteiger charge is 2.15. The first-order valence-corrected chi connectivity index (χ1v) is 8.17. The van der Waals surface area contributed by atoms with Crippen molar-refractivity contribution in [3.63, 3.8) is 0 Å². The van der Waals surface area contributed by atoms with E-state index in [2.05, 4.69) is 34.8 Å². The Labute approximate surface area is 128 Å². The third-order valence-corrected chi connectivity index (χ3v) is 4.48. The minimum atomic E-state index is 0.312. The summed E-state index contributed by atoms with van der Waals surface area (Å²) >= 11 is 7.75. The van der Waals surface area contributed by atoms with Gasteiger partial charge in [0.15, 0.2) is 0 Å². The normalized spacial score (nSPS) is 11.2. The van der Waals surface area contributed by atoms with Crippen molar-refractivity contribution in [2.75, 3.05) is 31.2 Å². The van der Waals surface area contributed by atoms with Crippen LogP contribution in [0.3, 0.4) is 0 Å². The van der Waals surface area contributed by atoms with E-state index in [1.807, 2.05) is 6.92 Å². The molecule has 0 aliphatic heterocycles. The topological polar surface area (TPSA) is 38.2 Å². The molecule has 110 valence electrons. The zero-order valence-electron chi connectivity index (χ0n) is 12.1. The predicted octanol–water partition coefficient (Wildman–Crippen LogP) is 3.77. The van der Waals surface area contributed by atoms with Crippen LogP contribution >= 0.6 is 22.9 Å². The summed E-state index contributed by atoms with van der Waals surface area (Å²) in [5, 5.41) is 1.40. The van der Waals surface area contributed by atoms with Gasteiger partial charge in [-0.25, -0.2) is 4.98 Å². The Bertz CT molecular complexity index is 573. The number of ether oxygens (including phenoxy) is 1. The molecule has 0 fully saturated rings. The molecule has 2 aromatic rings. The average Bonchev–Trinajstić information content (AvgIpc) is 2.86. The Kier molecular flexibility index (Phi) is 5.57. The third-order valence-electron chi connectivity index (χ3n) is 3.14. The van der Waals surface area contributed by atoms with Gasteiger partial charge in [0.05, 0.1) is 12.0 Å². The van der Waals surface area contributed by atoms with E-state index in [0.29, 0.717) is 11.9 Å². The zero-order valence-corrected chi connectivity index (χ0v) is 13.7. The van der Waals surface area contributed by atoms with Gasteiger partial charge in [-0.3, -0.25) is 0 Å². The van der Waals surface area contributed by atoms with Gasteiger partial charge in [0.1, 0.15) is 10.6 Å². The zero-order chi connectivity index (χ0) is 14.5. The molecule has 20 heavy (non-hydrogen) atoms. The Morgan fingerprint density at radius 3 is 2.75 bits per heavy atom. The van der Waals surface area contributed by atoms with Gasteiger partial charge in [0.2, 0.25) is 5.28 Å². The van der Waals surface area contributed by atoms with E-state index in [1.165, 1.54) is 4.88 Å². The number of hydrogen-bond acceptors (Lipinski definition) is 5. The van der Waals surface area contributed by atoms with E-state index in [0.717, 1.165) is 42.2 Å². The van der Waals surface area contributed by atoms with Gasteiger partial charge >= 0.3 is 0 Å². The van der Waals surface area contributed by atoms with Crippen LogP contribution in [0.1, 0.15) is 25.6 Å². The summed E-state index contributed by atoms with van der Waals surface area (Å²) in [7, 11) is 0. The summed E-state index contributed by atoms with van der Waals surface area (Å²) in [6, 6.07) is 2.18. The van der Waals surface area contributed by atoms with Gasteiger partial charge in [0, 0.05) is 24.6 Å². The Balaban J connectivity index is 2.36. The van der Waals surface area contributed by atoms with Crippen LogP contribution in [-0.4, -0.2) is 36.3 Å². The van der Waals surface area contributed by atoms with Crippen LogP contribution in [0.4, 0.5) is 5.82 Å². The summed E-state index contributed by atoms with van der Waals surface area (Å²) in [6.45, 7) is 9.36. The number of nitrogens with zero attached hydrogens (tertiary/aromatic N) is 3. The van der Waals surface area contributed by atoms with E-state index in [9.17, 15) is 0 Å². The molecule has 6 heteroatoms. The SMILES string of the molecule is CCOCCN(CC)c1nc(Cl)nc2sc(CC)cc12. The molecule has 0 radical (unpaired) electrons. The predicted molar refractivity (Wildman–Crippen MR) is 86.2 cm³/mol. The van der Waals surface area contributed by atoms with Gasteiger partial charge in [-0.1, -0.05) is 6.92 Å². The van der Waals surface area contributed by atoms with Crippen molar-refractivity contribution in [1.29, 1.82) is 0 Å². The van der Waals surface area contributed by atoms with Crippen LogP contribution in [0.25, 0.3) is 10.2 Å². The molecule has 0 saturated heterocycles.